The molecule has 0 fully saturated rings. The zero-order valence-corrected chi connectivity index (χ0v) is 16.1. The van der Waals surface area contributed by atoms with E-state index in [1.54, 1.807) is 41.0 Å². The van der Waals surface area contributed by atoms with Crippen molar-refractivity contribution in [2.24, 2.45) is 0 Å². The van der Waals surface area contributed by atoms with Gasteiger partial charge in [0.15, 0.2) is 11.5 Å². The Kier molecular flexibility index (Phi) is 4.48. The first-order valence-corrected chi connectivity index (χ1v) is 9.65. The molecule has 7 heteroatoms. The van der Waals surface area contributed by atoms with Gasteiger partial charge in [0.05, 0.1) is 11.0 Å². The van der Waals surface area contributed by atoms with E-state index < -0.39 is 0 Å². The summed E-state index contributed by atoms with van der Waals surface area (Å²) in [6.07, 6.45) is 0.750. The van der Waals surface area contributed by atoms with Gasteiger partial charge in [0, 0.05) is 23.9 Å². The number of carbonyl (C=O) groups is 1. The molecule has 0 saturated carbocycles. The Morgan fingerprint density at radius 1 is 1.00 bits per heavy atom. The second-order valence-electron chi connectivity index (χ2n) is 7.07. The molecule has 30 heavy (non-hydrogen) atoms. The average Bonchev–Trinajstić information content (AvgIpc) is 3.35. The lowest BCUT2D eigenvalue weighted by atomic mass is 10.1. The number of H-pyrrole nitrogens is 1. The van der Waals surface area contributed by atoms with Gasteiger partial charge in [-0.3, -0.25) is 9.36 Å². The summed E-state index contributed by atoms with van der Waals surface area (Å²) in [5.41, 5.74) is 3.45. The lowest BCUT2D eigenvalue weighted by molar-refractivity contribution is 0.102. The summed E-state index contributed by atoms with van der Waals surface area (Å²) in [5.74, 6) is 0.987. The highest BCUT2D eigenvalue weighted by Gasteiger charge is 2.15. The van der Waals surface area contributed by atoms with Crippen molar-refractivity contribution in [3.05, 3.63) is 88.3 Å². The Balaban J connectivity index is 1.36. The molecule has 0 atom stereocenters. The van der Waals surface area contributed by atoms with Crippen LogP contribution in [0, 0.1) is 0 Å². The third-order valence-corrected chi connectivity index (χ3v) is 5.13. The minimum absolute atomic E-state index is 0.179. The molecule has 0 saturated heterocycles. The Labute approximate surface area is 171 Å². The van der Waals surface area contributed by atoms with Gasteiger partial charge < -0.3 is 19.8 Å². The van der Waals surface area contributed by atoms with Gasteiger partial charge in [-0.25, -0.2) is 4.79 Å². The number of nitrogens with zero attached hydrogens (tertiary/aromatic N) is 1. The highest BCUT2D eigenvalue weighted by molar-refractivity contribution is 6.06. The lowest BCUT2D eigenvalue weighted by Crippen LogP contribution is -2.17. The molecule has 1 aliphatic rings. The Bertz CT molecular complexity index is 1290. The molecule has 4 aromatic rings. The molecule has 1 aromatic heterocycles. The number of aryl methyl sites for hydroxylation is 2. The predicted octanol–water partition coefficient (Wildman–Crippen LogP) is 3.55. The fourth-order valence-electron chi connectivity index (χ4n) is 3.59. The number of hydrogen-bond acceptors (Lipinski definition) is 4. The summed E-state index contributed by atoms with van der Waals surface area (Å²) in [5, 5.41) is 2.85. The van der Waals surface area contributed by atoms with Crippen molar-refractivity contribution in [2.75, 3.05) is 12.1 Å². The van der Waals surface area contributed by atoms with Crippen LogP contribution < -0.4 is 20.5 Å². The number of carbonyl (C=O) groups excluding carboxylic acids is 1. The molecule has 0 aliphatic carbocycles. The fraction of sp³-hybridized carbons (Fsp3) is 0.130. The number of nitrogens with one attached hydrogen (secondary N) is 2. The summed E-state index contributed by atoms with van der Waals surface area (Å²) < 4.78 is 12.3. The maximum Gasteiger partial charge on any atom is 0.326 e. The van der Waals surface area contributed by atoms with Crippen LogP contribution in [0.1, 0.15) is 15.9 Å². The summed E-state index contributed by atoms with van der Waals surface area (Å²) in [7, 11) is 0. The molecule has 0 bridgehead atoms. The zero-order valence-electron chi connectivity index (χ0n) is 16.1. The average molecular weight is 401 g/mol. The monoisotopic (exact) mass is 401 g/mol. The van der Waals surface area contributed by atoms with Gasteiger partial charge >= 0.3 is 5.69 Å². The smallest absolute Gasteiger partial charge is 0.326 e. The predicted molar refractivity (Wildman–Crippen MR) is 113 cm³/mol. The third kappa shape index (κ3) is 3.41. The Morgan fingerprint density at radius 2 is 1.83 bits per heavy atom. The summed E-state index contributed by atoms with van der Waals surface area (Å²) in [4.78, 5) is 27.9. The molecule has 150 valence electrons. The number of hydrogen-bond donors (Lipinski definition) is 2. The number of rotatable bonds is 5. The minimum Gasteiger partial charge on any atom is -0.454 e. The number of aromatic amines is 1. The Hall–Kier alpha value is -4.00. The number of amides is 1. The second kappa shape index (κ2) is 7.44. The molecule has 0 unspecified atom stereocenters. The second-order valence-corrected chi connectivity index (χ2v) is 7.07. The van der Waals surface area contributed by atoms with Crippen LogP contribution in [-0.4, -0.2) is 22.3 Å². The van der Waals surface area contributed by atoms with Crippen LogP contribution >= 0.6 is 0 Å². The van der Waals surface area contributed by atoms with Gasteiger partial charge in [-0.2, -0.15) is 0 Å². The van der Waals surface area contributed by atoms with Crippen molar-refractivity contribution in [1.29, 1.82) is 0 Å². The topological polar surface area (TPSA) is 85.3 Å². The highest BCUT2D eigenvalue weighted by Crippen LogP contribution is 2.34. The lowest BCUT2D eigenvalue weighted by Gasteiger charge is -2.07. The fourth-order valence-corrected chi connectivity index (χ4v) is 3.59. The molecule has 0 spiro atoms. The number of ether oxygens (including phenoxy) is 2. The first-order valence-electron chi connectivity index (χ1n) is 9.65. The van der Waals surface area contributed by atoms with Crippen LogP contribution in [0.15, 0.2) is 71.5 Å². The van der Waals surface area contributed by atoms with Crippen molar-refractivity contribution >= 4 is 22.6 Å². The minimum atomic E-state index is -0.270. The maximum absolute atomic E-state index is 12.7. The van der Waals surface area contributed by atoms with Crippen LogP contribution in [0.5, 0.6) is 11.5 Å². The van der Waals surface area contributed by atoms with E-state index in [2.05, 4.69) is 10.3 Å². The quantitative estimate of drug-likeness (QED) is 0.536. The number of fused-ring (bicyclic) bond motifs is 2. The number of benzene rings is 3. The van der Waals surface area contributed by atoms with Crippen LogP contribution in [0.25, 0.3) is 11.0 Å². The van der Waals surface area contributed by atoms with E-state index in [-0.39, 0.29) is 18.4 Å². The van der Waals surface area contributed by atoms with Crippen LogP contribution in [0.3, 0.4) is 0 Å². The van der Waals surface area contributed by atoms with E-state index >= 15 is 0 Å². The van der Waals surface area contributed by atoms with Gasteiger partial charge in [-0.05, 0) is 42.3 Å². The van der Waals surface area contributed by atoms with E-state index in [1.807, 2.05) is 30.3 Å². The molecule has 7 nitrogen and oxygen atoms in total. The van der Waals surface area contributed by atoms with Gasteiger partial charge in [-0.15, -0.1) is 0 Å². The molecule has 5 rings (SSSR count). The molecule has 0 radical (unpaired) electrons. The van der Waals surface area contributed by atoms with E-state index in [0.29, 0.717) is 34.8 Å². The van der Waals surface area contributed by atoms with Crippen molar-refractivity contribution in [2.45, 2.75) is 13.0 Å². The summed E-state index contributed by atoms with van der Waals surface area (Å²) in [6.45, 7) is 0.740. The third-order valence-electron chi connectivity index (χ3n) is 5.13. The number of imidazole rings is 1. The molecule has 1 amide bonds. The Morgan fingerprint density at radius 3 is 2.70 bits per heavy atom. The van der Waals surface area contributed by atoms with E-state index in [1.165, 1.54) is 5.56 Å². The number of anilines is 1. The molecule has 3 aromatic carbocycles. The van der Waals surface area contributed by atoms with E-state index in [4.69, 9.17) is 9.47 Å². The molecule has 2 heterocycles. The van der Waals surface area contributed by atoms with Crippen molar-refractivity contribution in [3.63, 3.8) is 0 Å². The van der Waals surface area contributed by atoms with Crippen LogP contribution in [0.2, 0.25) is 0 Å². The van der Waals surface area contributed by atoms with E-state index in [0.717, 1.165) is 11.9 Å². The van der Waals surface area contributed by atoms with Crippen molar-refractivity contribution in [3.8, 4) is 11.5 Å². The summed E-state index contributed by atoms with van der Waals surface area (Å²) >= 11 is 0. The van der Waals surface area contributed by atoms with Gasteiger partial charge in [0.1, 0.15) is 0 Å². The molecular formula is C23H19N3O4. The van der Waals surface area contributed by atoms with Gasteiger partial charge in [0.25, 0.3) is 5.91 Å². The normalized spacial score (nSPS) is 12.3. The van der Waals surface area contributed by atoms with Crippen molar-refractivity contribution in [1.82, 2.24) is 9.55 Å². The number of aromatic nitrogens is 2. The van der Waals surface area contributed by atoms with Crippen LogP contribution in [-0.2, 0) is 13.0 Å². The molecule has 1 aliphatic heterocycles. The first-order chi connectivity index (χ1) is 14.7. The molecular weight excluding hydrogens is 382 g/mol. The standard InChI is InChI=1S/C23H19N3O4/c27-22(24-17-7-9-20-21(13-17)30-14-29-20)16-6-8-19-18(12-16)25-23(28)26(19)11-10-15-4-2-1-3-5-15/h1-9,12-13H,10-11,14H2,(H,24,27)(H,25,28). The largest absolute Gasteiger partial charge is 0.454 e. The van der Waals surface area contributed by atoms with E-state index in [9.17, 15) is 9.59 Å². The van der Waals surface area contributed by atoms with Crippen molar-refractivity contribution < 1.29 is 14.3 Å². The molecule has 2 N–H and O–H groups in total. The first kappa shape index (κ1) is 18.1. The SMILES string of the molecule is O=C(Nc1ccc2c(c1)OCO2)c1ccc2c(c1)[nH]c(=O)n2CCc1ccccc1. The maximum atomic E-state index is 12.7. The highest BCUT2D eigenvalue weighted by atomic mass is 16.7. The van der Waals surface area contributed by atoms with Gasteiger partial charge in [0.2, 0.25) is 6.79 Å². The summed E-state index contributed by atoms with van der Waals surface area (Å²) in [6, 6.07) is 20.5. The van der Waals surface area contributed by atoms with Gasteiger partial charge in [-0.1, -0.05) is 30.3 Å². The van der Waals surface area contributed by atoms with Crippen LogP contribution in [0.4, 0.5) is 5.69 Å². The zero-order chi connectivity index (χ0) is 20.5.